The summed E-state index contributed by atoms with van der Waals surface area (Å²) in [5, 5.41) is 3.43. The minimum absolute atomic E-state index is 0.239. The number of carbonyl (C=O) groups is 1. The molecule has 0 aromatic heterocycles. The van der Waals surface area contributed by atoms with Crippen LogP contribution >= 0.6 is 0 Å². The third-order valence-corrected chi connectivity index (χ3v) is 3.93. The van der Waals surface area contributed by atoms with Crippen molar-refractivity contribution in [1.29, 1.82) is 0 Å². The fourth-order valence-electron chi connectivity index (χ4n) is 2.60. The highest BCUT2D eigenvalue weighted by Crippen LogP contribution is 2.13. The van der Waals surface area contributed by atoms with E-state index in [-0.39, 0.29) is 5.91 Å². The van der Waals surface area contributed by atoms with Crippen LogP contribution in [0.4, 0.5) is 0 Å². The van der Waals surface area contributed by atoms with Gasteiger partial charge >= 0.3 is 0 Å². The second kappa shape index (κ2) is 6.71. The predicted octanol–water partition coefficient (Wildman–Crippen LogP) is 2.49. The molecule has 1 unspecified atom stereocenters. The van der Waals surface area contributed by atoms with E-state index in [1.807, 2.05) is 24.1 Å². The Balaban J connectivity index is 1.87. The van der Waals surface area contributed by atoms with E-state index in [1.165, 1.54) is 24.0 Å². The first kappa shape index (κ1) is 14.1. The first-order chi connectivity index (χ1) is 9.16. The van der Waals surface area contributed by atoms with Crippen molar-refractivity contribution >= 4 is 5.91 Å². The molecule has 0 radical (unpaired) electrons. The molecule has 1 aromatic carbocycles. The van der Waals surface area contributed by atoms with E-state index >= 15 is 0 Å². The molecule has 1 heterocycles. The zero-order valence-electron chi connectivity index (χ0n) is 12.0. The van der Waals surface area contributed by atoms with Gasteiger partial charge in [0.05, 0.1) is 0 Å². The highest BCUT2D eigenvalue weighted by atomic mass is 16.2. The van der Waals surface area contributed by atoms with Crippen LogP contribution < -0.4 is 5.32 Å². The van der Waals surface area contributed by atoms with Crippen LogP contribution in [0.2, 0.25) is 0 Å². The summed E-state index contributed by atoms with van der Waals surface area (Å²) in [5.74, 6) is 0.239. The summed E-state index contributed by atoms with van der Waals surface area (Å²) in [6.45, 7) is 3.86. The second-order valence-electron chi connectivity index (χ2n) is 5.53. The Morgan fingerprint density at radius 1 is 1.37 bits per heavy atom. The first-order valence-electron chi connectivity index (χ1n) is 7.18. The fourth-order valence-corrected chi connectivity index (χ4v) is 2.60. The molecule has 1 aliphatic heterocycles. The monoisotopic (exact) mass is 260 g/mol. The van der Waals surface area contributed by atoms with E-state index in [1.54, 1.807) is 0 Å². The van der Waals surface area contributed by atoms with Gasteiger partial charge in [-0.25, -0.2) is 0 Å². The van der Waals surface area contributed by atoms with Crippen LogP contribution in [0.3, 0.4) is 0 Å². The van der Waals surface area contributed by atoms with Crippen LogP contribution in [0, 0.1) is 6.92 Å². The van der Waals surface area contributed by atoms with Gasteiger partial charge in [0.25, 0.3) is 0 Å². The lowest BCUT2D eigenvalue weighted by Gasteiger charge is -2.26. The van der Waals surface area contributed by atoms with Gasteiger partial charge in [-0.3, -0.25) is 4.79 Å². The van der Waals surface area contributed by atoms with Crippen LogP contribution in [0.25, 0.3) is 0 Å². The highest BCUT2D eigenvalue weighted by molar-refractivity contribution is 5.76. The Hall–Kier alpha value is -1.35. The number of benzene rings is 1. The molecule has 3 heteroatoms. The van der Waals surface area contributed by atoms with E-state index in [0.717, 1.165) is 13.0 Å². The quantitative estimate of drug-likeness (QED) is 0.902. The van der Waals surface area contributed by atoms with Gasteiger partial charge in [0.15, 0.2) is 0 Å². The third kappa shape index (κ3) is 4.06. The second-order valence-corrected chi connectivity index (χ2v) is 5.53. The van der Waals surface area contributed by atoms with Crippen LogP contribution in [-0.2, 0) is 11.3 Å². The number of rotatable bonds is 4. The van der Waals surface area contributed by atoms with E-state index in [2.05, 4.69) is 24.4 Å². The molecule has 1 aromatic rings. The average molecular weight is 260 g/mol. The smallest absolute Gasteiger partial charge is 0.224 e. The molecule has 0 spiro atoms. The molecule has 0 aliphatic carbocycles. The minimum Gasteiger partial charge on any atom is -0.341 e. The lowest BCUT2D eigenvalue weighted by atomic mass is 10.0. The van der Waals surface area contributed by atoms with Crippen LogP contribution in [0.1, 0.15) is 36.8 Å². The lowest BCUT2D eigenvalue weighted by molar-refractivity contribution is -0.131. The molecule has 1 saturated heterocycles. The van der Waals surface area contributed by atoms with E-state index in [9.17, 15) is 4.79 Å². The standard InChI is InChI=1S/C16H24N2O/c1-13-7-3-4-8-14(13)12-18(2)16(19)11-15-9-5-6-10-17-15/h3-4,7-8,15,17H,5-6,9-12H2,1-2H3. The molecule has 104 valence electrons. The molecule has 19 heavy (non-hydrogen) atoms. The molecule has 1 aliphatic rings. The maximum atomic E-state index is 12.2. The molecule has 1 fully saturated rings. The lowest BCUT2D eigenvalue weighted by Crippen LogP contribution is -2.39. The van der Waals surface area contributed by atoms with Gasteiger partial charge in [0.2, 0.25) is 5.91 Å². The van der Waals surface area contributed by atoms with Crippen molar-refractivity contribution in [2.24, 2.45) is 0 Å². The molecule has 1 amide bonds. The summed E-state index contributed by atoms with van der Waals surface area (Å²) in [6.07, 6.45) is 4.24. The van der Waals surface area contributed by atoms with Gasteiger partial charge in [-0.15, -0.1) is 0 Å². The number of hydrogen-bond acceptors (Lipinski definition) is 2. The first-order valence-corrected chi connectivity index (χ1v) is 7.18. The molecule has 0 saturated carbocycles. The van der Waals surface area contributed by atoms with E-state index < -0.39 is 0 Å². The van der Waals surface area contributed by atoms with Crippen LogP contribution in [0.5, 0.6) is 0 Å². The maximum absolute atomic E-state index is 12.2. The van der Waals surface area contributed by atoms with Crippen molar-refractivity contribution in [3.63, 3.8) is 0 Å². The van der Waals surface area contributed by atoms with E-state index in [0.29, 0.717) is 19.0 Å². The topological polar surface area (TPSA) is 32.3 Å². The zero-order chi connectivity index (χ0) is 13.7. The SMILES string of the molecule is Cc1ccccc1CN(C)C(=O)CC1CCCCN1. The van der Waals surface area contributed by atoms with Crippen LogP contribution in [-0.4, -0.2) is 30.4 Å². The summed E-state index contributed by atoms with van der Waals surface area (Å²) in [5.41, 5.74) is 2.48. The van der Waals surface area contributed by atoms with Crippen molar-refractivity contribution in [2.45, 2.75) is 45.2 Å². The van der Waals surface area contributed by atoms with Gasteiger partial charge in [0, 0.05) is 26.1 Å². The Labute approximate surface area is 116 Å². The fraction of sp³-hybridized carbons (Fsp3) is 0.562. The zero-order valence-corrected chi connectivity index (χ0v) is 12.0. The number of aryl methyl sites for hydroxylation is 1. The summed E-state index contributed by atoms with van der Waals surface area (Å²) in [6, 6.07) is 8.63. The van der Waals surface area contributed by atoms with Gasteiger partial charge in [-0.2, -0.15) is 0 Å². The Bertz CT molecular complexity index is 425. The van der Waals surface area contributed by atoms with Crippen molar-refractivity contribution in [3.8, 4) is 0 Å². The van der Waals surface area contributed by atoms with Gasteiger partial charge < -0.3 is 10.2 Å². The number of nitrogens with one attached hydrogen (secondary N) is 1. The molecule has 0 bridgehead atoms. The number of piperidine rings is 1. The number of carbonyl (C=O) groups excluding carboxylic acids is 1. The number of amides is 1. The van der Waals surface area contributed by atoms with Crippen molar-refractivity contribution in [2.75, 3.05) is 13.6 Å². The van der Waals surface area contributed by atoms with Gasteiger partial charge in [-0.05, 0) is 37.4 Å². The Morgan fingerprint density at radius 2 is 2.16 bits per heavy atom. The maximum Gasteiger partial charge on any atom is 0.224 e. The number of nitrogens with zero attached hydrogens (tertiary/aromatic N) is 1. The van der Waals surface area contributed by atoms with Crippen molar-refractivity contribution in [1.82, 2.24) is 10.2 Å². The van der Waals surface area contributed by atoms with Crippen molar-refractivity contribution < 1.29 is 4.79 Å². The summed E-state index contributed by atoms with van der Waals surface area (Å²) >= 11 is 0. The largest absolute Gasteiger partial charge is 0.341 e. The summed E-state index contributed by atoms with van der Waals surface area (Å²) < 4.78 is 0. The Kier molecular flexibility index (Phi) is 4.97. The normalized spacial score (nSPS) is 19.2. The third-order valence-electron chi connectivity index (χ3n) is 3.93. The summed E-state index contributed by atoms with van der Waals surface area (Å²) in [7, 11) is 1.90. The Morgan fingerprint density at radius 3 is 2.84 bits per heavy atom. The van der Waals surface area contributed by atoms with Crippen LogP contribution in [0.15, 0.2) is 24.3 Å². The summed E-state index contributed by atoms with van der Waals surface area (Å²) in [4.78, 5) is 14.1. The number of hydrogen-bond donors (Lipinski definition) is 1. The molecular formula is C16H24N2O. The molecule has 3 nitrogen and oxygen atoms in total. The molecular weight excluding hydrogens is 236 g/mol. The molecule has 1 atom stereocenters. The minimum atomic E-state index is 0.239. The van der Waals surface area contributed by atoms with Gasteiger partial charge in [-0.1, -0.05) is 30.7 Å². The van der Waals surface area contributed by atoms with E-state index in [4.69, 9.17) is 0 Å². The average Bonchev–Trinajstić information content (AvgIpc) is 2.42. The molecule has 2 rings (SSSR count). The predicted molar refractivity (Wildman–Crippen MR) is 77.9 cm³/mol. The van der Waals surface area contributed by atoms with Gasteiger partial charge in [0.1, 0.15) is 0 Å². The molecule has 1 N–H and O–H groups in total. The highest BCUT2D eigenvalue weighted by Gasteiger charge is 2.18. The van der Waals surface area contributed by atoms with Crippen molar-refractivity contribution in [3.05, 3.63) is 35.4 Å².